The van der Waals surface area contributed by atoms with Crippen molar-refractivity contribution in [2.24, 2.45) is 0 Å². The van der Waals surface area contributed by atoms with Gasteiger partial charge >= 0.3 is 17.9 Å². The summed E-state index contributed by atoms with van der Waals surface area (Å²) in [6.07, 6.45) is 91.9. The minimum atomic E-state index is -0.849. The van der Waals surface area contributed by atoms with Gasteiger partial charge in [0.1, 0.15) is 13.2 Å². The Labute approximate surface area is 459 Å². The molecule has 0 saturated carbocycles. The van der Waals surface area contributed by atoms with Crippen LogP contribution < -0.4 is 0 Å². The quantitative estimate of drug-likeness (QED) is 0.0261. The van der Waals surface area contributed by atoms with E-state index in [1.54, 1.807) is 6.08 Å². The Bertz CT molecular complexity index is 1800. The largest absolute Gasteiger partial charge is 0.462 e. The van der Waals surface area contributed by atoms with Crippen molar-refractivity contribution in [1.82, 2.24) is 0 Å². The summed E-state index contributed by atoms with van der Waals surface area (Å²) in [5, 5.41) is 0. The van der Waals surface area contributed by atoms with E-state index in [0.717, 1.165) is 173 Å². The molecule has 0 spiro atoms. The summed E-state index contributed by atoms with van der Waals surface area (Å²) in [7, 11) is 0. The van der Waals surface area contributed by atoms with Gasteiger partial charge in [0, 0.05) is 12.8 Å². The van der Waals surface area contributed by atoms with Crippen molar-refractivity contribution in [2.45, 2.75) is 219 Å². The molecule has 416 valence electrons. The molecule has 6 heteroatoms. The van der Waals surface area contributed by atoms with E-state index in [1.807, 2.05) is 6.08 Å². The van der Waals surface area contributed by atoms with Crippen LogP contribution in [0.5, 0.6) is 0 Å². The van der Waals surface area contributed by atoms with E-state index in [-0.39, 0.29) is 38.0 Å². The minimum Gasteiger partial charge on any atom is -0.462 e. The molecule has 75 heavy (non-hydrogen) atoms. The first-order valence-electron chi connectivity index (χ1n) is 29.3. The number of unbranched alkanes of at least 4 members (excludes halogenated alkanes) is 10. The maximum Gasteiger partial charge on any atom is 0.309 e. The van der Waals surface area contributed by atoms with Crippen molar-refractivity contribution >= 4 is 17.9 Å². The highest BCUT2D eigenvalue weighted by atomic mass is 16.6. The SMILES string of the molecule is CC/C=C\C/C=C\C/C=C\C/C=C\C/C=C\CCCCCCCC(=O)OCC(COC(=O)C/C=C\C/C=C\C/C=C\C/C=C\C/C=C\CC)OC(=O)CCCCCCC/C=C\C/C=C\C/C=C\C/C=C\C/C=C\CC. The summed E-state index contributed by atoms with van der Waals surface area (Å²) in [5.41, 5.74) is 0. The zero-order valence-corrected chi connectivity index (χ0v) is 47.5. The highest BCUT2D eigenvalue weighted by Gasteiger charge is 2.19. The van der Waals surface area contributed by atoms with Gasteiger partial charge in [-0.15, -0.1) is 0 Å². The third-order valence-electron chi connectivity index (χ3n) is 11.4. The lowest BCUT2D eigenvalue weighted by Crippen LogP contribution is -2.30. The number of rotatable bonds is 50. The fourth-order valence-corrected chi connectivity index (χ4v) is 7.16. The molecule has 0 aliphatic carbocycles. The molecule has 1 unspecified atom stereocenters. The highest BCUT2D eigenvalue weighted by molar-refractivity contribution is 5.72. The van der Waals surface area contributed by atoms with Crippen LogP contribution in [0.2, 0.25) is 0 Å². The van der Waals surface area contributed by atoms with Crippen LogP contribution in [0.25, 0.3) is 0 Å². The topological polar surface area (TPSA) is 78.9 Å². The smallest absolute Gasteiger partial charge is 0.309 e. The van der Waals surface area contributed by atoms with Crippen LogP contribution in [0.1, 0.15) is 213 Å². The summed E-state index contributed by atoms with van der Waals surface area (Å²) in [5.74, 6) is -1.12. The predicted octanol–water partition coefficient (Wildman–Crippen LogP) is 20.1. The van der Waals surface area contributed by atoms with Crippen molar-refractivity contribution in [2.75, 3.05) is 13.2 Å². The second kappa shape index (κ2) is 61.1. The van der Waals surface area contributed by atoms with Crippen molar-refractivity contribution in [3.63, 3.8) is 0 Å². The Kier molecular flexibility index (Phi) is 56.6. The van der Waals surface area contributed by atoms with E-state index in [4.69, 9.17) is 14.2 Å². The molecule has 0 N–H and O–H groups in total. The van der Waals surface area contributed by atoms with Gasteiger partial charge in [-0.1, -0.05) is 242 Å². The van der Waals surface area contributed by atoms with Gasteiger partial charge in [0.2, 0.25) is 0 Å². The normalized spacial score (nSPS) is 13.5. The van der Waals surface area contributed by atoms with Crippen molar-refractivity contribution in [3.05, 3.63) is 182 Å². The number of hydrogen-bond donors (Lipinski definition) is 0. The Balaban J connectivity index is 4.60. The zero-order chi connectivity index (χ0) is 54.3. The molecule has 1 atom stereocenters. The third-order valence-corrected chi connectivity index (χ3v) is 11.4. The molecule has 0 radical (unpaired) electrons. The van der Waals surface area contributed by atoms with Crippen LogP contribution in [0.4, 0.5) is 0 Å². The van der Waals surface area contributed by atoms with Crippen LogP contribution in [0, 0.1) is 0 Å². The molecule has 0 rings (SSSR count). The summed E-state index contributed by atoms with van der Waals surface area (Å²) in [4.78, 5) is 38.2. The summed E-state index contributed by atoms with van der Waals surface area (Å²) >= 11 is 0. The van der Waals surface area contributed by atoms with Crippen molar-refractivity contribution in [3.8, 4) is 0 Å². The average Bonchev–Trinajstić information content (AvgIpc) is 3.41. The van der Waals surface area contributed by atoms with Crippen molar-refractivity contribution in [1.29, 1.82) is 0 Å². The van der Waals surface area contributed by atoms with E-state index >= 15 is 0 Å². The molecule has 0 aromatic rings. The second-order valence-electron chi connectivity index (χ2n) is 18.4. The standard InChI is InChI=1S/C69H104O6/c1-4-7-10-13-16-19-22-25-28-30-32-34-36-38-41-44-47-50-53-56-59-62-68(71)74-65-66(64-73-67(70)61-58-55-52-49-46-43-40-27-24-21-18-15-12-9-6-3)75-69(72)63-60-57-54-51-48-45-42-39-37-35-33-31-29-26-23-20-17-14-11-8-5-2/h7-12,16-21,25-29,32-35,38-42,46,49,55,58,66H,4-6,13-15,22-24,30-31,36-37,43-45,47-48,50-54,56-57,59-65H2,1-3H3/b10-7-,11-8-,12-9-,19-16-,20-17-,21-18-,28-25-,29-26-,34-32-,35-33-,40-27-,41-38-,42-39-,49-46-,58-55-. The summed E-state index contributed by atoms with van der Waals surface area (Å²) < 4.78 is 16.7. The van der Waals surface area contributed by atoms with Gasteiger partial charge in [-0.25, -0.2) is 0 Å². The first-order valence-corrected chi connectivity index (χ1v) is 29.3. The molecule has 6 nitrogen and oxygen atoms in total. The average molecular weight is 1030 g/mol. The van der Waals surface area contributed by atoms with Gasteiger partial charge < -0.3 is 14.2 Å². The van der Waals surface area contributed by atoms with E-state index in [0.29, 0.717) is 6.42 Å². The number of carbonyl (C=O) groups is 3. The lowest BCUT2D eigenvalue weighted by Gasteiger charge is -2.18. The van der Waals surface area contributed by atoms with Gasteiger partial charge in [-0.3, -0.25) is 14.4 Å². The Morgan fingerprint density at radius 1 is 0.280 bits per heavy atom. The maximum absolute atomic E-state index is 12.9. The van der Waals surface area contributed by atoms with Gasteiger partial charge in [-0.2, -0.15) is 0 Å². The number of allylic oxidation sites excluding steroid dienone is 29. The fourth-order valence-electron chi connectivity index (χ4n) is 7.16. The Morgan fingerprint density at radius 2 is 0.533 bits per heavy atom. The predicted molar refractivity (Wildman–Crippen MR) is 324 cm³/mol. The first-order chi connectivity index (χ1) is 37.0. The Morgan fingerprint density at radius 3 is 0.867 bits per heavy atom. The van der Waals surface area contributed by atoms with Gasteiger partial charge in [0.25, 0.3) is 0 Å². The molecule has 0 aliphatic rings. The van der Waals surface area contributed by atoms with Crippen LogP contribution in [0.15, 0.2) is 182 Å². The molecular weight excluding hydrogens is 925 g/mol. The van der Waals surface area contributed by atoms with E-state index < -0.39 is 12.1 Å². The number of ether oxygens (including phenoxy) is 3. The lowest BCUT2D eigenvalue weighted by atomic mass is 10.1. The van der Waals surface area contributed by atoms with E-state index in [1.165, 1.54) is 0 Å². The first kappa shape index (κ1) is 69.5. The van der Waals surface area contributed by atoms with E-state index in [9.17, 15) is 14.4 Å². The fraction of sp³-hybridized carbons (Fsp3) is 0.522. The monoisotopic (exact) mass is 1030 g/mol. The number of hydrogen-bond acceptors (Lipinski definition) is 6. The molecule has 0 aliphatic heterocycles. The van der Waals surface area contributed by atoms with Crippen molar-refractivity contribution < 1.29 is 28.6 Å². The molecule has 0 bridgehead atoms. The molecular formula is C69H104O6. The molecule has 0 amide bonds. The van der Waals surface area contributed by atoms with Gasteiger partial charge in [-0.05, 0) is 135 Å². The summed E-state index contributed by atoms with van der Waals surface area (Å²) in [6.45, 7) is 6.15. The maximum atomic E-state index is 12.9. The number of esters is 3. The Hall–Kier alpha value is -5.49. The molecule has 0 heterocycles. The molecule has 0 fully saturated rings. The molecule has 0 aromatic carbocycles. The van der Waals surface area contributed by atoms with Crippen LogP contribution in [-0.2, 0) is 28.6 Å². The molecule has 0 aromatic heterocycles. The van der Waals surface area contributed by atoms with Crippen LogP contribution in [0.3, 0.4) is 0 Å². The lowest BCUT2D eigenvalue weighted by molar-refractivity contribution is -0.166. The molecule has 0 saturated heterocycles. The minimum absolute atomic E-state index is 0.109. The van der Waals surface area contributed by atoms with Gasteiger partial charge in [0.15, 0.2) is 6.10 Å². The highest BCUT2D eigenvalue weighted by Crippen LogP contribution is 2.12. The number of carbonyl (C=O) groups excluding carboxylic acids is 3. The van der Waals surface area contributed by atoms with Gasteiger partial charge in [0.05, 0.1) is 6.42 Å². The van der Waals surface area contributed by atoms with E-state index in [2.05, 4.69) is 191 Å². The van der Waals surface area contributed by atoms with Crippen LogP contribution in [-0.4, -0.2) is 37.2 Å². The zero-order valence-electron chi connectivity index (χ0n) is 47.5. The summed E-state index contributed by atoms with van der Waals surface area (Å²) in [6, 6.07) is 0. The second-order valence-corrected chi connectivity index (χ2v) is 18.4. The third kappa shape index (κ3) is 59.3. The van der Waals surface area contributed by atoms with Crippen LogP contribution >= 0.6 is 0 Å².